The molecule has 6 heteroatoms. The van der Waals surface area contributed by atoms with Crippen LogP contribution in [0.15, 0.2) is 12.3 Å². The van der Waals surface area contributed by atoms with Gasteiger partial charge in [0.05, 0.1) is 24.0 Å². The zero-order valence-corrected chi connectivity index (χ0v) is 10.5. The molecule has 2 aromatic rings. The van der Waals surface area contributed by atoms with Gasteiger partial charge in [-0.2, -0.15) is 5.10 Å². The summed E-state index contributed by atoms with van der Waals surface area (Å²) in [6.45, 7) is 3.26. The van der Waals surface area contributed by atoms with Crippen LogP contribution in [-0.2, 0) is 16.6 Å². The van der Waals surface area contributed by atoms with Crippen LogP contribution in [0.5, 0.6) is 0 Å². The van der Waals surface area contributed by atoms with Gasteiger partial charge < -0.3 is 5.32 Å². The molecule has 2 rings (SSSR count). The first kappa shape index (κ1) is 12.2. The highest BCUT2D eigenvalue weighted by Crippen LogP contribution is 2.19. The number of carbonyl (C=O) groups is 2. The van der Waals surface area contributed by atoms with Crippen LogP contribution in [0.4, 0.5) is 5.69 Å². The number of carbonyl (C=O) groups excluding carboxylic acids is 2. The quantitative estimate of drug-likeness (QED) is 0.825. The molecule has 0 bridgehead atoms. The molecule has 0 saturated carbocycles. The van der Waals surface area contributed by atoms with E-state index in [1.54, 1.807) is 10.9 Å². The van der Waals surface area contributed by atoms with E-state index in [-0.39, 0.29) is 18.1 Å². The molecular weight excluding hydrogens is 232 g/mol. The third-order valence-corrected chi connectivity index (χ3v) is 2.56. The first-order valence-corrected chi connectivity index (χ1v) is 5.56. The summed E-state index contributed by atoms with van der Waals surface area (Å²) in [5, 5.41) is 7.78. The molecule has 18 heavy (non-hydrogen) atoms. The Hall–Kier alpha value is -2.24. The number of aromatic nitrogens is 3. The largest absolute Gasteiger partial charge is 0.324 e. The van der Waals surface area contributed by atoms with Gasteiger partial charge in [0.2, 0.25) is 5.91 Å². The molecule has 0 aromatic carbocycles. The number of Topliss-reactive ketones (excluding diaryl/α,β-unsaturated/α-hetero) is 1. The molecule has 0 unspecified atom stereocenters. The molecule has 94 valence electrons. The van der Waals surface area contributed by atoms with E-state index in [9.17, 15) is 9.59 Å². The number of anilines is 1. The second-order valence-electron chi connectivity index (χ2n) is 4.23. The first-order valence-electron chi connectivity index (χ1n) is 5.56. The van der Waals surface area contributed by atoms with E-state index < -0.39 is 0 Å². The lowest BCUT2D eigenvalue weighted by atomic mass is 10.2. The highest BCUT2D eigenvalue weighted by atomic mass is 16.2. The molecule has 0 spiro atoms. The van der Waals surface area contributed by atoms with Crippen molar-refractivity contribution < 1.29 is 9.59 Å². The third-order valence-electron chi connectivity index (χ3n) is 2.56. The zero-order valence-electron chi connectivity index (χ0n) is 10.5. The van der Waals surface area contributed by atoms with Crippen LogP contribution >= 0.6 is 0 Å². The summed E-state index contributed by atoms with van der Waals surface area (Å²) in [6, 6.07) is 1.81. The Morgan fingerprint density at radius 2 is 2.17 bits per heavy atom. The number of rotatable bonds is 3. The Labute approximate surface area is 104 Å². The second kappa shape index (κ2) is 4.56. The van der Waals surface area contributed by atoms with Gasteiger partial charge in [-0.1, -0.05) is 0 Å². The topological polar surface area (TPSA) is 76.9 Å². The molecule has 2 aromatic heterocycles. The molecular formula is C12H14N4O2. The van der Waals surface area contributed by atoms with Crippen LogP contribution in [0.3, 0.4) is 0 Å². The Kier molecular flexibility index (Phi) is 3.10. The molecule has 0 saturated heterocycles. The average molecular weight is 246 g/mol. The fourth-order valence-electron chi connectivity index (χ4n) is 1.81. The van der Waals surface area contributed by atoms with Crippen molar-refractivity contribution in [2.45, 2.75) is 20.3 Å². The Balaban J connectivity index is 2.27. The highest BCUT2D eigenvalue weighted by Gasteiger charge is 2.09. The molecule has 6 nitrogen and oxygen atoms in total. The minimum atomic E-state index is -0.329. The number of amides is 1. The van der Waals surface area contributed by atoms with Gasteiger partial charge in [-0.3, -0.25) is 14.3 Å². The monoisotopic (exact) mass is 246 g/mol. The molecule has 0 aliphatic heterocycles. The number of ketones is 1. The lowest BCUT2D eigenvalue weighted by molar-refractivity contribution is -0.124. The van der Waals surface area contributed by atoms with Gasteiger partial charge in [0.15, 0.2) is 5.65 Å². The average Bonchev–Trinajstić information content (AvgIpc) is 2.53. The SMILES string of the molecule is CC(=O)CC(=O)Nc1cnc2c(c1)c(C)nn2C. The Morgan fingerprint density at radius 3 is 2.83 bits per heavy atom. The van der Waals surface area contributed by atoms with E-state index in [4.69, 9.17) is 0 Å². The van der Waals surface area contributed by atoms with Crippen LogP contribution in [-0.4, -0.2) is 26.5 Å². The maximum absolute atomic E-state index is 11.5. The third kappa shape index (κ3) is 2.37. The fourth-order valence-corrected chi connectivity index (χ4v) is 1.81. The van der Waals surface area contributed by atoms with Gasteiger partial charge >= 0.3 is 0 Å². The number of hydrogen-bond acceptors (Lipinski definition) is 4. The van der Waals surface area contributed by atoms with Gasteiger partial charge in [-0.15, -0.1) is 0 Å². The molecule has 0 aliphatic carbocycles. The maximum Gasteiger partial charge on any atom is 0.231 e. The van der Waals surface area contributed by atoms with Crippen molar-refractivity contribution in [3.8, 4) is 0 Å². The lowest BCUT2D eigenvalue weighted by Crippen LogP contribution is -2.14. The fraction of sp³-hybridized carbons (Fsp3) is 0.333. The van der Waals surface area contributed by atoms with Crippen LogP contribution in [0, 0.1) is 6.92 Å². The van der Waals surface area contributed by atoms with Crippen molar-refractivity contribution in [2.24, 2.45) is 7.05 Å². The molecule has 1 N–H and O–H groups in total. The van der Waals surface area contributed by atoms with Crippen LogP contribution < -0.4 is 5.32 Å². The number of nitrogens with zero attached hydrogens (tertiary/aromatic N) is 3. The van der Waals surface area contributed by atoms with Crippen LogP contribution in [0.25, 0.3) is 11.0 Å². The van der Waals surface area contributed by atoms with Crippen molar-refractivity contribution in [1.82, 2.24) is 14.8 Å². The molecule has 1 amide bonds. The van der Waals surface area contributed by atoms with Crippen molar-refractivity contribution in [3.63, 3.8) is 0 Å². The number of fused-ring (bicyclic) bond motifs is 1. The van der Waals surface area contributed by atoms with Gasteiger partial charge in [-0.05, 0) is 19.9 Å². The van der Waals surface area contributed by atoms with Gasteiger partial charge in [0.1, 0.15) is 5.78 Å². The second-order valence-corrected chi connectivity index (χ2v) is 4.23. The number of aryl methyl sites for hydroxylation is 2. The molecule has 0 aliphatic rings. The van der Waals surface area contributed by atoms with Crippen molar-refractivity contribution >= 4 is 28.4 Å². The number of hydrogen-bond donors (Lipinski definition) is 1. The molecule has 0 radical (unpaired) electrons. The van der Waals surface area contributed by atoms with Crippen molar-refractivity contribution in [2.75, 3.05) is 5.32 Å². The van der Waals surface area contributed by atoms with Gasteiger partial charge in [-0.25, -0.2) is 4.98 Å². The van der Waals surface area contributed by atoms with Crippen LogP contribution in [0.1, 0.15) is 19.0 Å². The van der Waals surface area contributed by atoms with E-state index in [1.807, 2.05) is 20.0 Å². The molecule has 0 atom stereocenters. The standard InChI is InChI=1S/C12H14N4O2/c1-7(17)4-11(18)14-9-5-10-8(2)15-16(3)12(10)13-6-9/h5-6H,4H2,1-3H3,(H,14,18). The van der Waals surface area contributed by atoms with Gasteiger partial charge in [0.25, 0.3) is 0 Å². The smallest absolute Gasteiger partial charge is 0.231 e. The summed E-state index contributed by atoms with van der Waals surface area (Å²) in [5.41, 5.74) is 2.18. The normalized spacial score (nSPS) is 10.6. The minimum Gasteiger partial charge on any atom is -0.324 e. The van der Waals surface area contributed by atoms with Crippen molar-refractivity contribution in [1.29, 1.82) is 0 Å². The summed E-state index contributed by atoms with van der Waals surface area (Å²) in [4.78, 5) is 26.5. The summed E-state index contributed by atoms with van der Waals surface area (Å²) in [7, 11) is 1.82. The number of nitrogens with one attached hydrogen (secondary N) is 1. The van der Waals surface area contributed by atoms with E-state index in [0.29, 0.717) is 5.69 Å². The van der Waals surface area contributed by atoms with Gasteiger partial charge in [0, 0.05) is 12.4 Å². The van der Waals surface area contributed by atoms with Crippen LogP contribution in [0.2, 0.25) is 0 Å². The number of pyridine rings is 1. The molecule has 2 heterocycles. The minimum absolute atomic E-state index is 0.121. The highest BCUT2D eigenvalue weighted by molar-refractivity contribution is 6.04. The maximum atomic E-state index is 11.5. The Bertz CT molecular complexity index is 630. The summed E-state index contributed by atoms with van der Waals surface area (Å²) in [6.07, 6.45) is 1.44. The zero-order chi connectivity index (χ0) is 13.3. The summed E-state index contributed by atoms with van der Waals surface area (Å²) >= 11 is 0. The van der Waals surface area contributed by atoms with E-state index >= 15 is 0 Å². The lowest BCUT2D eigenvalue weighted by Gasteiger charge is -2.03. The predicted octanol–water partition coefficient (Wildman–Crippen LogP) is 1.19. The Morgan fingerprint density at radius 1 is 1.44 bits per heavy atom. The summed E-state index contributed by atoms with van der Waals surface area (Å²) in [5.74, 6) is -0.496. The van der Waals surface area contributed by atoms with Crippen molar-refractivity contribution in [3.05, 3.63) is 18.0 Å². The van der Waals surface area contributed by atoms with E-state index in [2.05, 4.69) is 15.4 Å². The predicted molar refractivity (Wildman–Crippen MR) is 67.2 cm³/mol. The first-order chi connectivity index (χ1) is 8.47. The molecule has 0 fully saturated rings. The van der Waals surface area contributed by atoms with E-state index in [0.717, 1.165) is 16.7 Å². The van der Waals surface area contributed by atoms with E-state index in [1.165, 1.54) is 6.92 Å². The summed E-state index contributed by atoms with van der Waals surface area (Å²) < 4.78 is 1.69.